The van der Waals surface area contributed by atoms with E-state index in [2.05, 4.69) is 218 Å². The van der Waals surface area contributed by atoms with Crippen molar-refractivity contribution in [2.24, 2.45) is 0 Å². The fraction of sp³-hybridized carbons (Fsp3) is 0. The molecule has 12 rings (SSSR count). The molecule has 0 unspecified atom stereocenters. The van der Waals surface area contributed by atoms with Crippen LogP contribution in [0, 0.1) is 0 Å². The first-order valence-corrected chi connectivity index (χ1v) is 19.1. The average Bonchev–Trinajstić information content (AvgIpc) is 4.00. The monoisotopic (exact) mass is 715 g/mol. The topological polar surface area (TPSA) is 32.6 Å². The molecule has 0 bridgehead atoms. The zero-order chi connectivity index (χ0) is 36.7. The van der Waals surface area contributed by atoms with Crippen LogP contribution in [0.1, 0.15) is 0 Å². The summed E-state index contributed by atoms with van der Waals surface area (Å²) >= 11 is 0. The van der Waals surface area contributed by atoms with Crippen LogP contribution in [0.25, 0.3) is 99.8 Å². The van der Waals surface area contributed by atoms with Crippen molar-refractivity contribution in [1.29, 1.82) is 0 Å². The second kappa shape index (κ2) is 11.9. The molecule has 5 heteroatoms. The summed E-state index contributed by atoms with van der Waals surface area (Å²) in [7, 11) is 0. The van der Waals surface area contributed by atoms with Crippen LogP contribution in [0.5, 0.6) is 0 Å². The predicted molar refractivity (Wildman–Crippen MR) is 232 cm³/mol. The van der Waals surface area contributed by atoms with Crippen LogP contribution < -0.4 is 0 Å². The summed E-state index contributed by atoms with van der Waals surface area (Å²) < 4.78 is 9.56. The summed E-state index contributed by atoms with van der Waals surface area (Å²) in [6, 6.07) is 71.7. The Morgan fingerprint density at radius 1 is 0.304 bits per heavy atom. The third kappa shape index (κ3) is 4.34. The Morgan fingerprint density at radius 2 is 0.804 bits per heavy atom. The molecule has 4 aromatic heterocycles. The minimum Gasteiger partial charge on any atom is -0.309 e. The van der Waals surface area contributed by atoms with E-state index in [1.807, 2.05) is 0 Å². The molecule has 5 nitrogen and oxygen atoms in total. The molecule has 0 spiro atoms. The zero-order valence-corrected chi connectivity index (χ0v) is 30.3. The smallest absolute Gasteiger partial charge is 0.165 e. The van der Waals surface area contributed by atoms with Crippen LogP contribution in [0.2, 0.25) is 0 Å². The summed E-state index contributed by atoms with van der Waals surface area (Å²) in [6.45, 7) is 0. The van der Waals surface area contributed by atoms with Gasteiger partial charge >= 0.3 is 0 Å². The van der Waals surface area contributed by atoms with E-state index in [-0.39, 0.29) is 0 Å². The SMILES string of the molecule is c1ccc(-c2nc3c(c4ccc5c(c6ccccc6n5-c5ccc6c7ccccc7n(-c7ccccc7)c6c5)c4n3-c3ccccc3)n2-c2ccccc2)cc1. The van der Waals surface area contributed by atoms with Crippen LogP contribution in [0.15, 0.2) is 200 Å². The van der Waals surface area contributed by atoms with Crippen molar-refractivity contribution in [3.63, 3.8) is 0 Å². The van der Waals surface area contributed by atoms with Gasteiger partial charge in [0.25, 0.3) is 0 Å². The zero-order valence-electron chi connectivity index (χ0n) is 30.3. The number of aromatic nitrogens is 5. The average molecular weight is 716 g/mol. The maximum atomic E-state index is 5.53. The third-order valence-electron chi connectivity index (χ3n) is 11.4. The van der Waals surface area contributed by atoms with Crippen molar-refractivity contribution in [2.45, 2.75) is 0 Å². The predicted octanol–water partition coefficient (Wildman–Crippen LogP) is 12.8. The van der Waals surface area contributed by atoms with Gasteiger partial charge < -0.3 is 9.13 Å². The van der Waals surface area contributed by atoms with Gasteiger partial charge in [-0.2, -0.15) is 0 Å². The molecule has 56 heavy (non-hydrogen) atoms. The molecule has 8 aromatic carbocycles. The van der Waals surface area contributed by atoms with Crippen LogP contribution in [0.3, 0.4) is 0 Å². The number of imidazole rings is 1. The second-order valence-corrected chi connectivity index (χ2v) is 14.4. The normalized spacial score (nSPS) is 11.9. The molecule has 0 N–H and O–H groups in total. The summed E-state index contributed by atoms with van der Waals surface area (Å²) in [6.07, 6.45) is 0. The minimum absolute atomic E-state index is 0.915. The van der Waals surface area contributed by atoms with Gasteiger partial charge in [0, 0.05) is 55.2 Å². The maximum absolute atomic E-state index is 5.53. The summed E-state index contributed by atoms with van der Waals surface area (Å²) in [5.41, 5.74) is 13.3. The quantitative estimate of drug-likeness (QED) is 0.175. The van der Waals surface area contributed by atoms with Crippen molar-refractivity contribution in [3.8, 4) is 34.1 Å². The molecule has 0 atom stereocenters. The Morgan fingerprint density at radius 3 is 1.48 bits per heavy atom. The van der Waals surface area contributed by atoms with Gasteiger partial charge in [0.05, 0.1) is 27.6 Å². The molecule has 0 aliphatic carbocycles. The van der Waals surface area contributed by atoms with Crippen molar-refractivity contribution in [1.82, 2.24) is 23.3 Å². The first-order chi connectivity index (χ1) is 27.8. The summed E-state index contributed by atoms with van der Waals surface area (Å²) in [5, 5.41) is 6.03. The highest BCUT2D eigenvalue weighted by Gasteiger charge is 2.26. The first kappa shape index (κ1) is 30.8. The third-order valence-corrected chi connectivity index (χ3v) is 11.4. The van der Waals surface area contributed by atoms with Gasteiger partial charge in [-0.05, 0) is 72.8 Å². The molecule has 0 fully saturated rings. The Hall–Kier alpha value is -7.63. The maximum Gasteiger partial charge on any atom is 0.165 e. The molecule has 4 heterocycles. The van der Waals surface area contributed by atoms with E-state index in [0.717, 1.165) is 67.2 Å². The van der Waals surface area contributed by atoms with Gasteiger partial charge in [-0.3, -0.25) is 9.13 Å². The highest BCUT2D eigenvalue weighted by molar-refractivity contribution is 6.26. The number of rotatable bonds is 5. The molecular weight excluding hydrogens is 683 g/mol. The molecule has 0 saturated carbocycles. The van der Waals surface area contributed by atoms with Gasteiger partial charge in [0.1, 0.15) is 11.3 Å². The number of para-hydroxylation sites is 5. The molecule has 0 aliphatic heterocycles. The molecule has 0 saturated heterocycles. The lowest BCUT2D eigenvalue weighted by molar-refractivity contribution is 1.10. The Kier molecular flexibility index (Phi) is 6.56. The molecule has 0 amide bonds. The van der Waals surface area contributed by atoms with E-state index >= 15 is 0 Å². The molecule has 0 radical (unpaired) electrons. The lowest BCUT2D eigenvalue weighted by Crippen LogP contribution is -1.98. The number of hydrogen-bond acceptors (Lipinski definition) is 1. The van der Waals surface area contributed by atoms with Gasteiger partial charge in [0.15, 0.2) is 5.65 Å². The summed E-state index contributed by atoms with van der Waals surface area (Å²) in [4.78, 5) is 5.53. The van der Waals surface area contributed by atoms with Crippen LogP contribution in [-0.2, 0) is 0 Å². The highest BCUT2D eigenvalue weighted by Crippen LogP contribution is 2.44. The van der Waals surface area contributed by atoms with Crippen molar-refractivity contribution < 1.29 is 0 Å². The lowest BCUT2D eigenvalue weighted by Gasteiger charge is -2.12. The fourth-order valence-electron chi connectivity index (χ4n) is 9.05. The van der Waals surface area contributed by atoms with Gasteiger partial charge in [-0.1, -0.05) is 127 Å². The van der Waals surface area contributed by atoms with Crippen molar-refractivity contribution in [2.75, 3.05) is 0 Å². The van der Waals surface area contributed by atoms with Gasteiger partial charge in [-0.25, -0.2) is 4.98 Å². The molecule has 0 aliphatic rings. The lowest BCUT2D eigenvalue weighted by atomic mass is 10.1. The molecule has 12 aromatic rings. The standard InChI is InChI=1S/C51H33N5/c1-5-17-34(18-6-1)50-52-51-49(56(50)37-23-11-4-12-24-37)42-31-32-45-47(48(42)55(51)36-21-9-3-10-22-36)41-26-14-16-28-44(41)54(45)38-29-30-40-39-25-13-15-27-43(39)53(46(40)33-38)35-19-7-2-8-20-35/h1-33H. The van der Waals surface area contributed by atoms with E-state index in [1.165, 1.54) is 32.6 Å². The van der Waals surface area contributed by atoms with Crippen molar-refractivity contribution >= 4 is 65.7 Å². The van der Waals surface area contributed by atoms with E-state index in [1.54, 1.807) is 0 Å². The number of hydrogen-bond donors (Lipinski definition) is 0. The van der Waals surface area contributed by atoms with E-state index < -0.39 is 0 Å². The minimum atomic E-state index is 0.915. The Balaban J connectivity index is 1.22. The van der Waals surface area contributed by atoms with Gasteiger partial charge in [-0.15, -0.1) is 0 Å². The molecular formula is C51H33N5. The van der Waals surface area contributed by atoms with E-state index in [9.17, 15) is 0 Å². The second-order valence-electron chi connectivity index (χ2n) is 14.4. The van der Waals surface area contributed by atoms with E-state index in [4.69, 9.17) is 4.98 Å². The van der Waals surface area contributed by atoms with Crippen molar-refractivity contribution in [3.05, 3.63) is 200 Å². The number of nitrogens with zero attached hydrogens (tertiary/aromatic N) is 5. The molecule has 262 valence electrons. The van der Waals surface area contributed by atoms with Gasteiger partial charge in [0.2, 0.25) is 0 Å². The van der Waals surface area contributed by atoms with Crippen LogP contribution >= 0.6 is 0 Å². The fourth-order valence-corrected chi connectivity index (χ4v) is 9.05. The summed E-state index contributed by atoms with van der Waals surface area (Å²) in [5.74, 6) is 0.915. The largest absolute Gasteiger partial charge is 0.309 e. The van der Waals surface area contributed by atoms with Crippen LogP contribution in [0.4, 0.5) is 0 Å². The highest BCUT2D eigenvalue weighted by atomic mass is 15.2. The van der Waals surface area contributed by atoms with E-state index in [0.29, 0.717) is 0 Å². The number of benzene rings is 8. The first-order valence-electron chi connectivity index (χ1n) is 19.1. The number of fused-ring (bicyclic) bond motifs is 10. The van der Waals surface area contributed by atoms with Crippen LogP contribution in [-0.4, -0.2) is 23.3 Å². The Labute approximate surface area is 322 Å². The Bertz CT molecular complexity index is 3440.